The van der Waals surface area contributed by atoms with Crippen LogP contribution in [-0.4, -0.2) is 41.9 Å². The molecule has 0 aromatic heterocycles. The Bertz CT molecular complexity index is 835. The molecule has 0 spiro atoms. The molecule has 3 N–H and O–H groups in total. The summed E-state index contributed by atoms with van der Waals surface area (Å²) in [5.74, 6) is -0.184. The molecule has 5 heteroatoms. The average molecular weight is 380 g/mol. The Morgan fingerprint density at radius 3 is 2.32 bits per heavy atom. The monoisotopic (exact) mass is 379 g/mol. The number of aryl methyl sites for hydroxylation is 1. The van der Waals surface area contributed by atoms with Crippen molar-refractivity contribution in [3.05, 3.63) is 71.3 Å². The number of nitrogens with two attached hydrogens (primary N) is 1. The maximum Gasteiger partial charge on any atom is 0.252 e. The van der Waals surface area contributed by atoms with Crippen LogP contribution < -0.4 is 11.1 Å². The summed E-state index contributed by atoms with van der Waals surface area (Å²) in [5.41, 5.74) is 8.98. The Balaban J connectivity index is 1.73. The number of hydrogen-bond donors (Lipinski definition) is 2. The van der Waals surface area contributed by atoms with Crippen molar-refractivity contribution in [3.63, 3.8) is 0 Å². The number of carbonyl (C=O) groups excluding carboxylic acids is 2. The molecule has 1 saturated heterocycles. The van der Waals surface area contributed by atoms with Crippen LogP contribution >= 0.6 is 0 Å². The van der Waals surface area contributed by atoms with E-state index in [2.05, 4.69) is 17.4 Å². The van der Waals surface area contributed by atoms with Crippen molar-refractivity contribution in [3.8, 4) is 0 Å². The Labute approximate surface area is 166 Å². The lowest BCUT2D eigenvalue weighted by atomic mass is 9.95. The Morgan fingerprint density at radius 1 is 1.04 bits per heavy atom. The molecular weight excluding hydrogens is 350 g/mol. The molecule has 2 aromatic rings. The van der Waals surface area contributed by atoms with Crippen LogP contribution in [0.2, 0.25) is 0 Å². The highest BCUT2D eigenvalue weighted by Gasteiger charge is 2.37. The average Bonchev–Trinajstić information content (AvgIpc) is 3.08. The molecule has 1 aliphatic heterocycles. The first kappa shape index (κ1) is 20.1. The number of nitrogens with one attached hydrogen (secondary N) is 1. The molecule has 0 saturated carbocycles. The summed E-state index contributed by atoms with van der Waals surface area (Å²) in [6.07, 6.45) is 0. The third-order valence-electron chi connectivity index (χ3n) is 5.51. The summed E-state index contributed by atoms with van der Waals surface area (Å²) in [4.78, 5) is 27.8. The zero-order chi connectivity index (χ0) is 20.3. The van der Waals surface area contributed by atoms with Crippen LogP contribution in [0.3, 0.4) is 0 Å². The summed E-state index contributed by atoms with van der Waals surface area (Å²) in [6.45, 7) is 6.87. The van der Waals surface area contributed by atoms with E-state index >= 15 is 0 Å². The topological polar surface area (TPSA) is 75.4 Å². The van der Waals surface area contributed by atoms with Crippen LogP contribution in [0.4, 0.5) is 0 Å². The standard InChI is InChI=1S/C23H29N3O2/c1-15(2)21(25-22(27)18-12-8-7-9-16(18)3)23(28)26-13-19(20(24)14-26)17-10-5-4-6-11-17/h4-12,15,19-21H,13-14,24H2,1-3H3,(H,25,27)/t19-,20+,21?/m0/s1. The molecule has 0 radical (unpaired) electrons. The Hall–Kier alpha value is -2.66. The van der Waals surface area contributed by atoms with Gasteiger partial charge in [0.2, 0.25) is 5.91 Å². The van der Waals surface area contributed by atoms with Gasteiger partial charge in [-0.15, -0.1) is 0 Å². The van der Waals surface area contributed by atoms with Gasteiger partial charge >= 0.3 is 0 Å². The molecule has 5 nitrogen and oxygen atoms in total. The lowest BCUT2D eigenvalue weighted by molar-refractivity contribution is -0.133. The normalized spacial score (nSPS) is 20.2. The van der Waals surface area contributed by atoms with Crippen molar-refractivity contribution in [1.82, 2.24) is 10.2 Å². The minimum atomic E-state index is -0.575. The molecule has 148 valence electrons. The number of amides is 2. The van der Waals surface area contributed by atoms with E-state index in [9.17, 15) is 9.59 Å². The fourth-order valence-corrected chi connectivity index (χ4v) is 3.82. The van der Waals surface area contributed by atoms with E-state index in [1.807, 2.05) is 57.2 Å². The molecule has 28 heavy (non-hydrogen) atoms. The SMILES string of the molecule is Cc1ccccc1C(=O)NC(C(=O)N1C[C@@H](N)[C@H](c2ccccc2)C1)C(C)C. The lowest BCUT2D eigenvalue weighted by Crippen LogP contribution is -2.51. The summed E-state index contributed by atoms with van der Waals surface area (Å²) in [7, 11) is 0. The summed E-state index contributed by atoms with van der Waals surface area (Å²) < 4.78 is 0. The number of nitrogens with zero attached hydrogens (tertiary/aromatic N) is 1. The van der Waals surface area contributed by atoms with Gasteiger partial charge in [-0.25, -0.2) is 0 Å². The van der Waals surface area contributed by atoms with Gasteiger partial charge in [0, 0.05) is 30.6 Å². The second-order valence-electron chi connectivity index (χ2n) is 7.93. The molecule has 2 amide bonds. The number of carbonyl (C=O) groups is 2. The van der Waals surface area contributed by atoms with Gasteiger partial charge in [0.15, 0.2) is 0 Å². The molecule has 1 unspecified atom stereocenters. The molecule has 1 aliphatic rings. The third-order valence-corrected chi connectivity index (χ3v) is 5.51. The highest BCUT2D eigenvalue weighted by Crippen LogP contribution is 2.27. The maximum atomic E-state index is 13.2. The molecule has 1 heterocycles. The van der Waals surface area contributed by atoms with Crippen LogP contribution in [0.1, 0.15) is 41.3 Å². The highest BCUT2D eigenvalue weighted by atomic mass is 16.2. The number of rotatable bonds is 5. The molecule has 0 bridgehead atoms. The molecule has 3 rings (SSSR count). The fourth-order valence-electron chi connectivity index (χ4n) is 3.82. The minimum Gasteiger partial charge on any atom is -0.340 e. The second kappa shape index (κ2) is 8.57. The Morgan fingerprint density at radius 2 is 1.68 bits per heavy atom. The lowest BCUT2D eigenvalue weighted by Gasteiger charge is -2.27. The highest BCUT2D eigenvalue weighted by molar-refractivity contribution is 5.98. The quantitative estimate of drug-likeness (QED) is 0.839. The molecule has 1 fully saturated rings. The van der Waals surface area contributed by atoms with Crippen LogP contribution in [-0.2, 0) is 4.79 Å². The first-order chi connectivity index (χ1) is 13.4. The van der Waals surface area contributed by atoms with Crippen LogP contribution in [0, 0.1) is 12.8 Å². The summed E-state index contributed by atoms with van der Waals surface area (Å²) in [5, 5.41) is 2.95. The second-order valence-corrected chi connectivity index (χ2v) is 7.93. The van der Waals surface area contributed by atoms with E-state index in [-0.39, 0.29) is 29.7 Å². The largest absolute Gasteiger partial charge is 0.340 e. The maximum absolute atomic E-state index is 13.2. The Kier molecular flexibility index (Phi) is 6.15. The summed E-state index contributed by atoms with van der Waals surface area (Å²) in [6, 6.07) is 16.8. The van der Waals surface area contributed by atoms with E-state index in [0.29, 0.717) is 18.7 Å². The smallest absolute Gasteiger partial charge is 0.252 e. The van der Waals surface area contributed by atoms with Gasteiger partial charge in [0.05, 0.1) is 0 Å². The van der Waals surface area contributed by atoms with E-state index in [1.165, 1.54) is 0 Å². The predicted octanol–water partition coefficient (Wildman–Crippen LogP) is 2.70. The van der Waals surface area contributed by atoms with Gasteiger partial charge in [-0.05, 0) is 30.0 Å². The van der Waals surface area contributed by atoms with Gasteiger partial charge < -0.3 is 16.0 Å². The molecule has 3 atom stereocenters. The molecule has 0 aliphatic carbocycles. The van der Waals surface area contributed by atoms with Crippen LogP contribution in [0.5, 0.6) is 0 Å². The zero-order valence-corrected chi connectivity index (χ0v) is 16.8. The first-order valence-electron chi connectivity index (χ1n) is 9.84. The van der Waals surface area contributed by atoms with Gasteiger partial charge in [-0.1, -0.05) is 62.4 Å². The van der Waals surface area contributed by atoms with Gasteiger partial charge in [-0.2, -0.15) is 0 Å². The molecular formula is C23H29N3O2. The van der Waals surface area contributed by atoms with Crippen molar-refractivity contribution in [2.75, 3.05) is 13.1 Å². The number of hydrogen-bond acceptors (Lipinski definition) is 3. The van der Waals surface area contributed by atoms with Gasteiger partial charge in [0.25, 0.3) is 5.91 Å². The minimum absolute atomic E-state index is 0.0209. The van der Waals surface area contributed by atoms with Crippen molar-refractivity contribution in [2.45, 2.75) is 38.8 Å². The summed E-state index contributed by atoms with van der Waals surface area (Å²) >= 11 is 0. The number of likely N-dealkylation sites (tertiary alicyclic amines) is 1. The van der Waals surface area contributed by atoms with Gasteiger partial charge in [0.1, 0.15) is 6.04 Å². The van der Waals surface area contributed by atoms with E-state index in [1.54, 1.807) is 11.0 Å². The van der Waals surface area contributed by atoms with E-state index in [0.717, 1.165) is 11.1 Å². The van der Waals surface area contributed by atoms with E-state index in [4.69, 9.17) is 5.73 Å². The van der Waals surface area contributed by atoms with Crippen molar-refractivity contribution in [2.24, 2.45) is 11.7 Å². The van der Waals surface area contributed by atoms with Crippen molar-refractivity contribution >= 4 is 11.8 Å². The third kappa shape index (κ3) is 4.25. The van der Waals surface area contributed by atoms with Crippen LogP contribution in [0.15, 0.2) is 54.6 Å². The van der Waals surface area contributed by atoms with Crippen LogP contribution in [0.25, 0.3) is 0 Å². The number of benzene rings is 2. The van der Waals surface area contributed by atoms with Crippen molar-refractivity contribution in [1.29, 1.82) is 0 Å². The van der Waals surface area contributed by atoms with Crippen molar-refractivity contribution < 1.29 is 9.59 Å². The predicted molar refractivity (Wildman–Crippen MR) is 111 cm³/mol. The fraction of sp³-hybridized carbons (Fsp3) is 0.391. The zero-order valence-electron chi connectivity index (χ0n) is 16.8. The van der Waals surface area contributed by atoms with E-state index < -0.39 is 6.04 Å². The first-order valence-corrected chi connectivity index (χ1v) is 9.84. The van der Waals surface area contributed by atoms with Gasteiger partial charge in [-0.3, -0.25) is 9.59 Å². The molecule has 2 aromatic carbocycles.